The molecule has 2 heterocycles. The Morgan fingerprint density at radius 3 is 3.06 bits per heavy atom. The molecule has 2 aromatic rings. The summed E-state index contributed by atoms with van der Waals surface area (Å²) in [5.74, 6) is 1.02. The number of ether oxygens (including phenoxy) is 1. The van der Waals surface area contributed by atoms with Crippen molar-refractivity contribution >= 4 is 5.69 Å². The topological polar surface area (TPSA) is 92.0 Å². The molecule has 1 unspecified atom stereocenters. The molecule has 0 amide bonds. The van der Waals surface area contributed by atoms with Crippen LogP contribution in [0.15, 0.2) is 16.9 Å². The van der Waals surface area contributed by atoms with Crippen LogP contribution in [0, 0.1) is 0 Å². The zero-order valence-electron chi connectivity index (χ0n) is 9.83. The van der Waals surface area contributed by atoms with Crippen LogP contribution in [-0.4, -0.2) is 26.5 Å². The minimum Gasteiger partial charge on any atom is -0.396 e. The van der Waals surface area contributed by atoms with Gasteiger partial charge in [-0.3, -0.25) is 4.68 Å². The van der Waals surface area contributed by atoms with Crippen molar-refractivity contribution in [1.82, 2.24) is 19.9 Å². The van der Waals surface area contributed by atoms with E-state index in [4.69, 9.17) is 15.0 Å². The summed E-state index contributed by atoms with van der Waals surface area (Å²) >= 11 is 0. The fourth-order valence-electron chi connectivity index (χ4n) is 1.43. The van der Waals surface area contributed by atoms with Crippen molar-refractivity contribution in [3.8, 4) is 0 Å². The molecule has 0 fully saturated rings. The second-order valence-electron chi connectivity index (χ2n) is 3.62. The maximum atomic E-state index is 5.56. The maximum absolute atomic E-state index is 5.56. The molecule has 17 heavy (non-hydrogen) atoms. The summed E-state index contributed by atoms with van der Waals surface area (Å²) in [6, 6.07) is 0. The molecule has 2 aromatic heterocycles. The monoisotopic (exact) mass is 237 g/mol. The molecule has 92 valence electrons. The van der Waals surface area contributed by atoms with E-state index in [-0.39, 0.29) is 6.10 Å². The van der Waals surface area contributed by atoms with Crippen LogP contribution in [0.3, 0.4) is 0 Å². The van der Waals surface area contributed by atoms with E-state index in [0.29, 0.717) is 30.6 Å². The van der Waals surface area contributed by atoms with E-state index in [0.717, 1.165) is 0 Å². The SMILES string of the molecule is CCOC(C)c1noc(Cn2cc(N)cn2)n1. The summed E-state index contributed by atoms with van der Waals surface area (Å²) in [7, 11) is 0. The fraction of sp³-hybridized carbons (Fsp3) is 0.500. The molecule has 7 nitrogen and oxygen atoms in total. The molecular weight excluding hydrogens is 222 g/mol. The van der Waals surface area contributed by atoms with Gasteiger partial charge in [-0.2, -0.15) is 10.1 Å². The van der Waals surface area contributed by atoms with Crippen LogP contribution >= 0.6 is 0 Å². The van der Waals surface area contributed by atoms with E-state index in [1.807, 2.05) is 13.8 Å². The van der Waals surface area contributed by atoms with E-state index in [9.17, 15) is 0 Å². The van der Waals surface area contributed by atoms with Crippen molar-refractivity contribution in [2.45, 2.75) is 26.5 Å². The lowest BCUT2D eigenvalue weighted by atomic mass is 10.4. The van der Waals surface area contributed by atoms with Gasteiger partial charge >= 0.3 is 0 Å². The number of nitrogens with zero attached hydrogens (tertiary/aromatic N) is 4. The zero-order chi connectivity index (χ0) is 12.3. The summed E-state index contributed by atoms with van der Waals surface area (Å²) in [4.78, 5) is 4.23. The molecule has 0 bridgehead atoms. The molecule has 2 N–H and O–H groups in total. The van der Waals surface area contributed by atoms with Gasteiger partial charge in [0.15, 0.2) is 5.82 Å². The molecule has 0 saturated heterocycles. The minimum absolute atomic E-state index is 0.166. The highest BCUT2D eigenvalue weighted by Gasteiger charge is 2.13. The Kier molecular flexibility index (Phi) is 3.38. The summed E-state index contributed by atoms with van der Waals surface area (Å²) < 4.78 is 12.1. The Balaban J connectivity index is 2.03. The van der Waals surface area contributed by atoms with Crippen molar-refractivity contribution in [2.75, 3.05) is 12.3 Å². The minimum atomic E-state index is -0.166. The Bertz CT molecular complexity index is 479. The standard InChI is InChI=1S/C10H15N5O2/c1-3-16-7(2)10-13-9(17-14-10)6-15-5-8(11)4-12-15/h4-5,7H,3,6,11H2,1-2H3. The van der Waals surface area contributed by atoms with Gasteiger partial charge in [-0.1, -0.05) is 5.16 Å². The number of nitrogens with two attached hydrogens (primary N) is 1. The Labute approximate surface area is 98.6 Å². The van der Waals surface area contributed by atoms with E-state index in [1.165, 1.54) is 0 Å². The molecule has 0 aromatic carbocycles. The number of aromatic nitrogens is 4. The number of anilines is 1. The predicted octanol–water partition coefficient (Wildman–Crippen LogP) is 0.994. The summed E-state index contributed by atoms with van der Waals surface area (Å²) in [6.07, 6.45) is 3.11. The van der Waals surface area contributed by atoms with Crippen molar-refractivity contribution in [3.05, 3.63) is 24.1 Å². The summed E-state index contributed by atoms with van der Waals surface area (Å²) in [5, 5.41) is 7.89. The van der Waals surface area contributed by atoms with Crippen LogP contribution < -0.4 is 5.73 Å². The predicted molar refractivity (Wildman–Crippen MR) is 60.1 cm³/mol. The van der Waals surface area contributed by atoms with Gasteiger partial charge in [0.2, 0.25) is 5.89 Å². The quantitative estimate of drug-likeness (QED) is 0.833. The molecule has 0 saturated carbocycles. The second-order valence-corrected chi connectivity index (χ2v) is 3.62. The van der Waals surface area contributed by atoms with Gasteiger partial charge in [0.05, 0.1) is 11.9 Å². The first kappa shape index (κ1) is 11.6. The maximum Gasteiger partial charge on any atom is 0.248 e. The number of hydrogen-bond acceptors (Lipinski definition) is 6. The molecule has 2 rings (SSSR count). The molecule has 0 aliphatic heterocycles. The third-order valence-corrected chi connectivity index (χ3v) is 2.21. The van der Waals surface area contributed by atoms with Gasteiger partial charge in [0.25, 0.3) is 0 Å². The van der Waals surface area contributed by atoms with Crippen LogP contribution in [0.1, 0.15) is 31.7 Å². The average molecular weight is 237 g/mol. The summed E-state index contributed by atoms with van der Waals surface area (Å²) in [6.45, 7) is 4.82. The average Bonchev–Trinajstić information content (AvgIpc) is 2.89. The lowest BCUT2D eigenvalue weighted by molar-refractivity contribution is 0.0683. The first-order chi connectivity index (χ1) is 8.19. The first-order valence-electron chi connectivity index (χ1n) is 5.41. The smallest absolute Gasteiger partial charge is 0.248 e. The van der Waals surface area contributed by atoms with Crippen molar-refractivity contribution in [3.63, 3.8) is 0 Å². The second kappa shape index (κ2) is 4.96. The van der Waals surface area contributed by atoms with Crippen LogP contribution in [0.5, 0.6) is 0 Å². The number of nitrogen functional groups attached to an aromatic ring is 1. The highest BCUT2D eigenvalue weighted by Crippen LogP contribution is 2.13. The molecule has 0 radical (unpaired) electrons. The first-order valence-corrected chi connectivity index (χ1v) is 5.41. The molecule has 0 aliphatic rings. The van der Waals surface area contributed by atoms with Gasteiger partial charge in [-0.25, -0.2) is 0 Å². The highest BCUT2D eigenvalue weighted by atomic mass is 16.5. The lowest BCUT2D eigenvalue weighted by Crippen LogP contribution is -2.03. The van der Waals surface area contributed by atoms with E-state index in [1.54, 1.807) is 17.1 Å². The molecule has 0 aliphatic carbocycles. The fourth-order valence-corrected chi connectivity index (χ4v) is 1.43. The van der Waals surface area contributed by atoms with Crippen LogP contribution in [0.25, 0.3) is 0 Å². The molecule has 7 heteroatoms. The van der Waals surface area contributed by atoms with Crippen molar-refractivity contribution in [1.29, 1.82) is 0 Å². The van der Waals surface area contributed by atoms with E-state index < -0.39 is 0 Å². The summed E-state index contributed by atoms with van der Waals surface area (Å²) in [5.41, 5.74) is 6.16. The Hall–Kier alpha value is -1.89. The number of rotatable bonds is 5. The van der Waals surface area contributed by atoms with Crippen molar-refractivity contribution in [2.24, 2.45) is 0 Å². The Morgan fingerprint density at radius 1 is 1.59 bits per heavy atom. The van der Waals surface area contributed by atoms with Crippen molar-refractivity contribution < 1.29 is 9.26 Å². The van der Waals surface area contributed by atoms with Gasteiger partial charge in [0.1, 0.15) is 12.6 Å². The van der Waals surface area contributed by atoms with Gasteiger partial charge in [-0.05, 0) is 13.8 Å². The van der Waals surface area contributed by atoms with Gasteiger partial charge in [0, 0.05) is 12.8 Å². The highest BCUT2D eigenvalue weighted by molar-refractivity contribution is 5.30. The Morgan fingerprint density at radius 2 is 2.41 bits per heavy atom. The molecule has 0 spiro atoms. The van der Waals surface area contributed by atoms with Crippen LogP contribution in [-0.2, 0) is 11.3 Å². The van der Waals surface area contributed by atoms with Gasteiger partial charge < -0.3 is 15.0 Å². The normalized spacial score (nSPS) is 12.8. The van der Waals surface area contributed by atoms with Crippen LogP contribution in [0.2, 0.25) is 0 Å². The third-order valence-electron chi connectivity index (χ3n) is 2.21. The zero-order valence-corrected chi connectivity index (χ0v) is 9.83. The van der Waals surface area contributed by atoms with E-state index in [2.05, 4.69) is 15.2 Å². The largest absolute Gasteiger partial charge is 0.396 e. The van der Waals surface area contributed by atoms with Crippen LogP contribution in [0.4, 0.5) is 5.69 Å². The third kappa shape index (κ3) is 2.82. The molecule has 1 atom stereocenters. The lowest BCUT2D eigenvalue weighted by Gasteiger charge is -2.04. The van der Waals surface area contributed by atoms with Gasteiger partial charge in [-0.15, -0.1) is 0 Å². The van der Waals surface area contributed by atoms with E-state index >= 15 is 0 Å². The molecular formula is C10H15N5O2. The number of hydrogen-bond donors (Lipinski definition) is 1.